The van der Waals surface area contributed by atoms with Gasteiger partial charge in [0.25, 0.3) is 5.91 Å². The second kappa shape index (κ2) is 7.14. The second-order valence-corrected chi connectivity index (χ2v) is 5.40. The predicted octanol–water partition coefficient (Wildman–Crippen LogP) is 3.65. The fourth-order valence-electron chi connectivity index (χ4n) is 1.88. The Kier molecular flexibility index (Phi) is 5.23. The van der Waals surface area contributed by atoms with Crippen molar-refractivity contribution in [3.8, 4) is 5.75 Å². The van der Waals surface area contributed by atoms with E-state index in [9.17, 15) is 4.79 Å². The number of aryl methyl sites for hydroxylation is 2. The highest BCUT2D eigenvalue weighted by Crippen LogP contribution is 2.21. The monoisotopic (exact) mass is 303 g/mol. The Balaban J connectivity index is 1.80. The van der Waals surface area contributed by atoms with Crippen molar-refractivity contribution in [2.45, 2.75) is 20.4 Å². The summed E-state index contributed by atoms with van der Waals surface area (Å²) in [6, 6.07) is 13.4. The molecule has 0 aliphatic heterocycles. The lowest BCUT2D eigenvalue weighted by Gasteiger charge is -2.10. The Morgan fingerprint density at radius 2 is 1.86 bits per heavy atom. The van der Waals surface area contributed by atoms with Gasteiger partial charge in [0, 0.05) is 11.6 Å². The minimum atomic E-state index is -0.148. The third-order valence-electron chi connectivity index (χ3n) is 3.11. The van der Waals surface area contributed by atoms with E-state index in [0.29, 0.717) is 17.3 Å². The molecule has 0 atom stereocenters. The molecule has 0 fully saturated rings. The van der Waals surface area contributed by atoms with Gasteiger partial charge in [0.1, 0.15) is 5.75 Å². The first-order chi connectivity index (χ1) is 10.0. The quantitative estimate of drug-likeness (QED) is 0.915. The summed E-state index contributed by atoms with van der Waals surface area (Å²) < 4.78 is 5.49. The number of nitrogens with one attached hydrogen (secondary N) is 1. The maximum absolute atomic E-state index is 11.8. The van der Waals surface area contributed by atoms with Crippen LogP contribution in [0.2, 0.25) is 5.02 Å². The van der Waals surface area contributed by atoms with E-state index in [0.717, 1.165) is 11.1 Å². The van der Waals surface area contributed by atoms with Gasteiger partial charge in [0.15, 0.2) is 6.61 Å². The maximum atomic E-state index is 11.8. The van der Waals surface area contributed by atoms with E-state index in [1.165, 1.54) is 5.56 Å². The molecule has 0 aliphatic carbocycles. The molecule has 0 saturated carbocycles. The maximum Gasteiger partial charge on any atom is 0.258 e. The molecule has 2 aromatic carbocycles. The molecule has 1 N–H and O–H groups in total. The van der Waals surface area contributed by atoms with Crippen LogP contribution in [-0.2, 0) is 11.3 Å². The van der Waals surface area contributed by atoms with Crippen LogP contribution in [-0.4, -0.2) is 12.5 Å². The lowest BCUT2D eigenvalue weighted by atomic mass is 10.1. The van der Waals surface area contributed by atoms with E-state index in [1.807, 2.05) is 38.1 Å². The van der Waals surface area contributed by atoms with Crippen LogP contribution in [0.25, 0.3) is 0 Å². The second-order valence-electron chi connectivity index (χ2n) is 4.96. The summed E-state index contributed by atoms with van der Waals surface area (Å²) in [5.41, 5.74) is 3.18. The number of carbonyl (C=O) groups excluding carboxylic acids is 1. The van der Waals surface area contributed by atoms with Gasteiger partial charge in [-0.15, -0.1) is 0 Å². The highest BCUT2D eigenvalue weighted by atomic mass is 35.5. The molecule has 0 radical (unpaired) electrons. The average Bonchev–Trinajstić information content (AvgIpc) is 2.46. The lowest BCUT2D eigenvalue weighted by Crippen LogP contribution is -2.28. The summed E-state index contributed by atoms with van der Waals surface area (Å²) in [7, 11) is 0. The van der Waals surface area contributed by atoms with Crippen LogP contribution in [0.1, 0.15) is 16.7 Å². The van der Waals surface area contributed by atoms with Gasteiger partial charge in [-0.05, 0) is 43.2 Å². The van der Waals surface area contributed by atoms with Crippen molar-refractivity contribution in [1.29, 1.82) is 0 Å². The van der Waals surface area contributed by atoms with Gasteiger partial charge in [-0.1, -0.05) is 41.4 Å². The minimum absolute atomic E-state index is 0.00562. The normalized spacial score (nSPS) is 10.2. The molecule has 0 unspecified atom stereocenters. The number of hydrogen-bond acceptors (Lipinski definition) is 2. The fourth-order valence-corrected chi connectivity index (χ4v) is 2.10. The van der Waals surface area contributed by atoms with Crippen LogP contribution >= 0.6 is 11.6 Å². The van der Waals surface area contributed by atoms with Gasteiger partial charge in [0.2, 0.25) is 0 Å². The Morgan fingerprint density at radius 1 is 1.14 bits per heavy atom. The number of hydrogen-bond donors (Lipinski definition) is 1. The van der Waals surface area contributed by atoms with E-state index in [2.05, 4.69) is 5.32 Å². The predicted molar refractivity (Wildman–Crippen MR) is 84.7 cm³/mol. The van der Waals surface area contributed by atoms with Crippen molar-refractivity contribution >= 4 is 17.5 Å². The third kappa shape index (κ3) is 4.80. The van der Waals surface area contributed by atoms with Crippen molar-refractivity contribution in [3.05, 3.63) is 64.2 Å². The highest BCUT2D eigenvalue weighted by molar-refractivity contribution is 6.30. The van der Waals surface area contributed by atoms with Crippen molar-refractivity contribution in [3.63, 3.8) is 0 Å². The zero-order chi connectivity index (χ0) is 15.2. The molecule has 0 heterocycles. The topological polar surface area (TPSA) is 38.3 Å². The molecule has 4 heteroatoms. The molecule has 3 nitrogen and oxygen atoms in total. The first-order valence-corrected chi connectivity index (χ1v) is 7.13. The van der Waals surface area contributed by atoms with E-state index in [1.54, 1.807) is 18.2 Å². The summed E-state index contributed by atoms with van der Waals surface area (Å²) in [6.07, 6.45) is 0. The molecule has 0 bridgehead atoms. The average molecular weight is 304 g/mol. The van der Waals surface area contributed by atoms with E-state index >= 15 is 0 Å². The molecule has 2 aromatic rings. The number of halogens is 1. The number of benzene rings is 2. The van der Waals surface area contributed by atoms with Crippen molar-refractivity contribution in [1.82, 2.24) is 5.32 Å². The molecule has 21 heavy (non-hydrogen) atoms. The van der Waals surface area contributed by atoms with Crippen LogP contribution in [0, 0.1) is 13.8 Å². The van der Waals surface area contributed by atoms with Crippen LogP contribution in [0.15, 0.2) is 42.5 Å². The van der Waals surface area contributed by atoms with Crippen molar-refractivity contribution in [2.24, 2.45) is 0 Å². The molecule has 0 aromatic heterocycles. The molecular weight excluding hydrogens is 286 g/mol. The Bertz CT molecular complexity index is 623. The Morgan fingerprint density at radius 3 is 2.52 bits per heavy atom. The number of ether oxygens (including phenoxy) is 1. The van der Waals surface area contributed by atoms with Gasteiger partial charge < -0.3 is 10.1 Å². The van der Waals surface area contributed by atoms with Crippen molar-refractivity contribution < 1.29 is 9.53 Å². The molecule has 0 saturated heterocycles. The fraction of sp³-hybridized carbons (Fsp3) is 0.235. The Labute approximate surface area is 129 Å². The molecule has 1 amide bonds. The first kappa shape index (κ1) is 15.4. The van der Waals surface area contributed by atoms with Gasteiger partial charge in [-0.3, -0.25) is 4.79 Å². The van der Waals surface area contributed by atoms with Crippen LogP contribution in [0.4, 0.5) is 0 Å². The molecule has 0 aliphatic rings. The highest BCUT2D eigenvalue weighted by Gasteiger charge is 2.05. The van der Waals surface area contributed by atoms with Crippen molar-refractivity contribution in [2.75, 3.05) is 6.61 Å². The molecule has 0 spiro atoms. The summed E-state index contributed by atoms with van der Waals surface area (Å²) in [5, 5.41) is 3.49. The van der Waals surface area contributed by atoms with Crippen LogP contribution in [0.5, 0.6) is 5.75 Å². The van der Waals surface area contributed by atoms with Gasteiger partial charge in [-0.25, -0.2) is 0 Å². The first-order valence-electron chi connectivity index (χ1n) is 6.76. The van der Waals surface area contributed by atoms with Crippen LogP contribution < -0.4 is 10.1 Å². The molecular formula is C17H18ClNO2. The standard InChI is InChI=1S/C17H18ClNO2/c1-12-3-5-14(6-4-12)10-19-17(20)11-21-16-8-7-15(18)9-13(16)2/h3-9H,10-11H2,1-2H3,(H,19,20). The summed E-state index contributed by atoms with van der Waals surface area (Å²) in [6.45, 7) is 4.42. The summed E-state index contributed by atoms with van der Waals surface area (Å²) in [4.78, 5) is 11.8. The van der Waals surface area contributed by atoms with Gasteiger partial charge >= 0.3 is 0 Å². The van der Waals surface area contributed by atoms with Crippen LogP contribution in [0.3, 0.4) is 0 Å². The molecule has 2 rings (SSSR count). The number of amides is 1. The Hall–Kier alpha value is -2.00. The SMILES string of the molecule is Cc1ccc(CNC(=O)COc2ccc(Cl)cc2C)cc1. The number of rotatable bonds is 5. The summed E-state index contributed by atoms with van der Waals surface area (Å²) in [5.74, 6) is 0.523. The van der Waals surface area contributed by atoms with Gasteiger partial charge in [0.05, 0.1) is 0 Å². The third-order valence-corrected chi connectivity index (χ3v) is 3.34. The summed E-state index contributed by atoms with van der Waals surface area (Å²) >= 11 is 5.87. The van der Waals surface area contributed by atoms with E-state index in [4.69, 9.17) is 16.3 Å². The molecule has 110 valence electrons. The zero-order valence-corrected chi connectivity index (χ0v) is 12.9. The van der Waals surface area contributed by atoms with E-state index < -0.39 is 0 Å². The zero-order valence-electron chi connectivity index (χ0n) is 12.2. The lowest BCUT2D eigenvalue weighted by molar-refractivity contribution is -0.123. The van der Waals surface area contributed by atoms with Gasteiger partial charge in [-0.2, -0.15) is 0 Å². The van der Waals surface area contributed by atoms with E-state index in [-0.39, 0.29) is 12.5 Å². The smallest absolute Gasteiger partial charge is 0.258 e. The largest absolute Gasteiger partial charge is 0.484 e. The number of carbonyl (C=O) groups is 1. The minimum Gasteiger partial charge on any atom is -0.484 e.